The van der Waals surface area contributed by atoms with E-state index in [4.69, 9.17) is 0 Å². The summed E-state index contributed by atoms with van der Waals surface area (Å²) in [6.07, 6.45) is 1.21. The molecule has 0 unspecified atom stereocenters. The van der Waals surface area contributed by atoms with E-state index in [-0.39, 0.29) is 5.54 Å². The lowest BCUT2D eigenvalue weighted by Gasteiger charge is -2.42. The van der Waals surface area contributed by atoms with E-state index in [2.05, 4.69) is 67.3 Å². The summed E-state index contributed by atoms with van der Waals surface area (Å²) in [4.78, 5) is 4.76. The highest BCUT2D eigenvalue weighted by molar-refractivity contribution is 5.73. The number of para-hydroxylation sites is 2. The maximum atomic E-state index is 3.61. The van der Waals surface area contributed by atoms with Gasteiger partial charge in [-0.25, -0.2) is 0 Å². The molecular formula is C15H25N3. The van der Waals surface area contributed by atoms with Crippen LogP contribution in [0.15, 0.2) is 24.3 Å². The Hall–Kier alpha value is -1.22. The minimum atomic E-state index is 0.145. The molecular weight excluding hydrogens is 222 g/mol. The van der Waals surface area contributed by atoms with Crippen LogP contribution in [-0.2, 0) is 0 Å². The molecule has 0 amide bonds. The number of nitrogens with one attached hydrogen (secondary N) is 1. The third-order valence-corrected chi connectivity index (χ3v) is 3.34. The molecule has 0 fully saturated rings. The largest absolute Gasteiger partial charge is 0.377 e. The van der Waals surface area contributed by atoms with E-state index >= 15 is 0 Å². The lowest BCUT2D eigenvalue weighted by Crippen LogP contribution is -2.49. The van der Waals surface area contributed by atoms with Crippen molar-refractivity contribution < 1.29 is 0 Å². The molecule has 0 saturated carbocycles. The second-order valence-electron chi connectivity index (χ2n) is 6.10. The Morgan fingerprint density at radius 2 is 2.00 bits per heavy atom. The minimum Gasteiger partial charge on any atom is -0.377 e. The number of nitrogens with zero attached hydrogens (tertiary/aromatic N) is 2. The molecule has 1 aromatic carbocycles. The second kappa shape index (κ2) is 5.19. The molecule has 1 heterocycles. The lowest BCUT2D eigenvalue weighted by atomic mass is 9.99. The molecule has 3 nitrogen and oxygen atoms in total. The van der Waals surface area contributed by atoms with Crippen molar-refractivity contribution in [2.45, 2.75) is 25.8 Å². The second-order valence-corrected chi connectivity index (χ2v) is 6.10. The highest BCUT2D eigenvalue weighted by Crippen LogP contribution is 2.33. The van der Waals surface area contributed by atoms with E-state index in [1.807, 2.05) is 0 Å². The quantitative estimate of drug-likeness (QED) is 0.882. The van der Waals surface area contributed by atoms with Crippen molar-refractivity contribution in [1.82, 2.24) is 4.90 Å². The fourth-order valence-electron chi connectivity index (χ4n) is 2.60. The smallest absolute Gasteiger partial charge is 0.0603 e. The predicted octanol–water partition coefficient (Wildman–Crippen LogP) is 2.65. The summed E-state index contributed by atoms with van der Waals surface area (Å²) in [5.41, 5.74) is 2.75. The number of fused-ring (bicyclic) bond motifs is 1. The van der Waals surface area contributed by atoms with Gasteiger partial charge in [0.1, 0.15) is 0 Å². The van der Waals surface area contributed by atoms with Crippen LogP contribution in [0.2, 0.25) is 0 Å². The normalized spacial score (nSPS) is 17.5. The number of hydrogen-bond donors (Lipinski definition) is 1. The Labute approximate surface area is 111 Å². The Morgan fingerprint density at radius 1 is 1.28 bits per heavy atom. The Kier molecular flexibility index (Phi) is 3.81. The van der Waals surface area contributed by atoms with Crippen LogP contribution in [0.4, 0.5) is 11.4 Å². The first kappa shape index (κ1) is 13.2. The van der Waals surface area contributed by atoms with Crippen LogP contribution in [0.3, 0.4) is 0 Å². The van der Waals surface area contributed by atoms with Crippen molar-refractivity contribution in [2.75, 3.05) is 43.9 Å². The fraction of sp³-hybridized carbons (Fsp3) is 0.600. The van der Waals surface area contributed by atoms with E-state index in [1.165, 1.54) is 17.8 Å². The monoisotopic (exact) mass is 247 g/mol. The lowest BCUT2D eigenvalue weighted by molar-refractivity contribution is 0.396. The summed E-state index contributed by atoms with van der Waals surface area (Å²) in [6.45, 7) is 7.87. The number of rotatable bonds is 4. The average Bonchev–Trinajstić information content (AvgIpc) is 2.27. The maximum absolute atomic E-state index is 3.61. The first-order valence-electron chi connectivity index (χ1n) is 6.75. The molecule has 1 aromatic rings. The van der Waals surface area contributed by atoms with Gasteiger partial charge in [-0.2, -0.15) is 0 Å². The van der Waals surface area contributed by atoms with Gasteiger partial charge in [-0.3, -0.25) is 0 Å². The molecule has 3 heteroatoms. The zero-order valence-electron chi connectivity index (χ0n) is 12.0. The van der Waals surface area contributed by atoms with Gasteiger partial charge in [-0.15, -0.1) is 0 Å². The average molecular weight is 247 g/mol. The molecule has 100 valence electrons. The highest BCUT2D eigenvalue weighted by atomic mass is 15.2. The molecule has 1 aliphatic rings. The highest BCUT2D eigenvalue weighted by Gasteiger charge is 2.28. The first-order chi connectivity index (χ1) is 8.48. The molecule has 18 heavy (non-hydrogen) atoms. The Morgan fingerprint density at radius 3 is 2.72 bits per heavy atom. The SMILES string of the molecule is CN(C)CCCN1CC(C)(C)Nc2ccccc21. The van der Waals surface area contributed by atoms with Crippen LogP contribution in [0, 0.1) is 0 Å². The third-order valence-electron chi connectivity index (χ3n) is 3.34. The standard InChI is InChI=1S/C15H25N3/c1-15(2)12-18(11-7-10-17(3)4)14-9-6-5-8-13(14)16-15/h5-6,8-9,16H,7,10-12H2,1-4H3. The molecule has 0 aromatic heterocycles. The molecule has 0 atom stereocenters. The first-order valence-corrected chi connectivity index (χ1v) is 6.75. The zero-order chi connectivity index (χ0) is 13.2. The van der Waals surface area contributed by atoms with Crippen LogP contribution < -0.4 is 10.2 Å². The van der Waals surface area contributed by atoms with Gasteiger partial charge < -0.3 is 15.1 Å². The van der Waals surface area contributed by atoms with E-state index in [9.17, 15) is 0 Å². The van der Waals surface area contributed by atoms with Crippen molar-refractivity contribution in [1.29, 1.82) is 0 Å². The van der Waals surface area contributed by atoms with Gasteiger partial charge in [0, 0.05) is 18.6 Å². The summed E-state index contributed by atoms with van der Waals surface area (Å²) in [5, 5.41) is 3.61. The van der Waals surface area contributed by atoms with Crippen molar-refractivity contribution in [3.63, 3.8) is 0 Å². The van der Waals surface area contributed by atoms with Crippen LogP contribution in [0.1, 0.15) is 20.3 Å². The Balaban J connectivity index is 2.09. The summed E-state index contributed by atoms with van der Waals surface area (Å²) >= 11 is 0. The van der Waals surface area contributed by atoms with Gasteiger partial charge in [-0.05, 0) is 53.0 Å². The van der Waals surface area contributed by atoms with E-state index < -0.39 is 0 Å². The van der Waals surface area contributed by atoms with E-state index in [0.717, 1.165) is 19.6 Å². The Bertz CT molecular complexity index is 398. The van der Waals surface area contributed by atoms with Crippen molar-refractivity contribution in [2.24, 2.45) is 0 Å². The molecule has 0 spiro atoms. The molecule has 2 rings (SSSR count). The molecule has 0 saturated heterocycles. The minimum absolute atomic E-state index is 0.145. The van der Waals surface area contributed by atoms with E-state index in [1.54, 1.807) is 0 Å². The van der Waals surface area contributed by atoms with Crippen LogP contribution >= 0.6 is 0 Å². The van der Waals surface area contributed by atoms with Crippen molar-refractivity contribution in [3.8, 4) is 0 Å². The molecule has 0 radical (unpaired) electrons. The van der Waals surface area contributed by atoms with Gasteiger partial charge in [0.05, 0.1) is 11.4 Å². The maximum Gasteiger partial charge on any atom is 0.0603 e. The zero-order valence-corrected chi connectivity index (χ0v) is 12.0. The molecule has 0 aliphatic carbocycles. The third kappa shape index (κ3) is 3.16. The van der Waals surface area contributed by atoms with Crippen LogP contribution in [0.5, 0.6) is 0 Å². The molecule has 1 aliphatic heterocycles. The van der Waals surface area contributed by atoms with Gasteiger partial charge in [0.15, 0.2) is 0 Å². The van der Waals surface area contributed by atoms with Gasteiger partial charge in [0.2, 0.25) is 0 Å². The van der Waals surface area contributed by atoms with Gasteiger partial charge >= 0.3 is 0 Å². The predicted molar refractivity (Wildman–Crippen MR) is 79.5 cm³/mol. The summed E-state index contributed by atoms with van der Waals surface area (Å²) in [6, 6.07) is 8.62. The molecule has 1 N–H and O–H groups in total. The fourth-order valence-corrected chi connectivity index (χ4v) is 2.60. The number of anilines is 2. The summed E-state index contributed by atoms with van der Waals surface area (Å²) in [5.74, 6) is 0. The number of hydrogen-bond acceptors (Lipinski definition) is 3. The number of benzene rings is 1. The summed E-state index contributed by atoms with van der Waals surface area (Å²) < 4.78 is 0. The van der Waals surface area contributed by atoms with Gasteiger partial charge in [-0.1, -0.05) is 12.1 Å². The van der Waals surface area contributed by atoms with Crippen molar-refractivity contribution >= 4 is 11.4 Å². The molecule has 0 bridgehead atoms. The van der Waals surface area contributed by atoms with Crippen LogP contribution in [-0.4, -0.2) is 44.2 Å². The van der Waals surface area contributed by atoms with Crippen molar-refractivity contribution in [3.05, 3.63) is 24.3 Å². The topological polar surface area (TPSA) is 18.5 Å². The van der Waals surface area contributed by atoms with Gasteiger partial charge in [0.25, 0.3) is 0 Å². The van der Waals surface area contributed by atoms with E-state index in [0.29, 0.717) is 0 Å². The summed E-state index contributed by atoms with van der Waals surface area (Å²) in [7, 11) is 4.27. The van der Waals surface area contributed by atoms with Crippen LogP contribution in [0.25, 0.3) is 0 Å².